The van der Waals surface area contributed by atoms with Crippen molar-refractivity contribution in [1.29, 1.82) is 0 Å². The Morgan fingerprint density at radius 2 is 1.71 bits per heavy atom. The summed E-state index contributed by atoms with van der Waals surface area (Å²) in [6.07, 6.45) is 3.68. The van der Waals surface area contributed by atoms with Gasteiger partial charge in [-0.05, 0) is 48.4 Å². The van der Waals surface area contributed by atoms with E-state index in [4.69, 9.17) is 16.0 Å². The van der Waals surface area contributed by atoms with E-state index in [0.717, 1.165) is 5.56 Å². The molecule has 1 heterocycles. The lowest BCUT2D eigenvalue weighted by Gasteiger charge is -2.11. The highest BCUT2D eigenvalue weighted by Gasteiger charge is 2.15. The van der Waals surface area contributed by atoms with Gasteiger partial charge in [-0.1, -0.05) is 41.9 Å². The molecular weight excluding hydrogens is 376 g/mol. The first-order chi connectivity index (χ1) is 13.6. The number of rotatable bonds is 7. The number of furan rings is 1. The van der Waals surface area contributed by atoms with Crippen molar-refractivity contribution >= 4 is 29.5 Å². The number of hydrogen-bond acceptors (Lipinski definition) is 3. The topological polar surface area (TPSA) is 71.3 Å². The smallest absolute Gasteiger partial charge is 0.267 e. The summed E-state index contributed by atoms with van der Waals surface area (Å²) in [4.78, 5) is 25.1. The molecule has 0 aliphatic rings. The van der Waals surface area contributed by atoms with Gasteiger partial charge in [0, 0.05) is 23.2 Å². The summed E-state index contributed by atoms with van der Waals surface area (Å²) < 4.78 is 5.27. The molecule has 0 bridgehead atoms. The first kappa shape index (κ1) is 19.5. The highest BCUT2D eigenvalue weighted by atomic mass is 35.5. The van der Waals surface area contributed by atoms with Gasteiger partial charge in [-0.25, -0.2) is 0 Å². The van der Waals surface area contributed by atoms with Crippen LogP contribution in [0.3, 0.4) is 0 Å². The molecule has 1 aromatic heterocycles. The quantitative estimate of drug-likeness (QED) is 0.593. The van der Waals surface area contributed by atoms with E-state index in [0.29, 0.717) is 29.3 Å². The molecule has 0 radical (unpaired) electrons. The second-order valence-corrected chi connectivity index (χ2v) is 6.46. The van der Waals surface area contributed by atoms with Gasteiger partial charge in [0.1, 0.15) is 11.5 Å². The molecule has 28 heavy (non-hydrogen) atoms. The van der Waals surface area contributed by atoms with E-state index >= 15 is 0 Å². The monoisotopic (exact) mass is 394 g/mol. The summed E-state index contributed by atoms with van der Waals surface area (Å²) in [6, 6.07) is 19.7. The van der Waals surface area contributed by atoms with Gasteiger partial charge in [0.05, 0.1) is 6.26 Å². The fourth-order valence-corrected chi connectivity index (χ4v) is 2.66. The Hall–Kier alpha value is -3.31. The summed E-state index contributed by atoms with van der Waals surface area (Å²) in [5.41, 5.74) is 1.61. The zero-order chi connectivity index (χ0) is 19.8. The van der Waals surface area contributed by atoms with Crippen LogP contribution < -0.4 is 10.6 Å². The maximum atomic E-state index is 12.6. The van der Waals surface area contributed by atoms with Crippen LogP contribution in [0.1, 0.15) is 21.7 Å². The Morgan fingerprint density at radius 1 is 0.964 bits per heavy atom. The van der Waals surface area contributed by atoms with Crippen LogP contribution >= 0.6 is 11.6 Å². The number of amides is 2. The largest absolute Gasteiger partial charge is 0.465 e. The van der Waals surface area contributed by atoms with Crippen molar-refractivity contribution < 1.29 is 14.0 Å². The maximum Gasteiger partial charge on any atom is 0.267 e. The van der Waals surface area contributed by atoms with Gasteiger partial charge >= 0.3 is 0 Å². The number of nitrogens with one attached hydrogen (secondary N) is 2. The highest BCUT2D eigenvalue weighted by Crippen LogP contribution is 2.11. The molecule has 0 aliphatic heterocycles. The van der Waals surface area contributed by atoms with Gasteiger partial charge in [0.25, 0.3) is 11.8 Å². The predicted octanol–water partition coefficient (Wildman–Crippen LogP) is 4.06. The first-order valence-corrected chi connectivity index (χ1v) is 9.14. The molecule has 0 unspecified atom stereocenters. The summed E-state index contributed by atoms with van der Waals surface area (Å²) >= 11 is 5.86. The minimum atomic E-state index is -0.410. The third kappa shape index (κ3) is 5.59. The van der Waals surface area contributed by atoms with Gasteiger partial charge in [0.2, 0.25) is 0 Å². The van der Waals surface area contributed by atoms with Crippen molar-refractivity contribution in [3.05, 3.63) is 101 Å². The molecule has 2 amide bonds. The molecular formula is C22H19ClN2O3. The number of carbonyl (C=O) groups is 2. The summed E-state index contributed by atoms with van der Waals surface area (Å²) in [5, 5.41) is 6.00. The van der Waals surface area contributed by atoms with E-state index in [2.05, 4.69) is 10.6 Å². The average Bonchev–Trinajstić information content (AvgIpc) is 3.22. The molecule has 0 saturated heterocycles. The molecule has 6 heteroatoms. The van der Waals surface area contributed by atoms with Crippen LogP contribution in [0, 0.1) is 0 Å². The number of carbonyl (C=O) groups excluding carboxylic acids is 2. The molecule has 5 nitrogen and oxygen atoms in total. The molecule has 0 saturated carbocycles. The molecule has 2 aromatic carbocycles. The standard InChI is InChI=1S/C22H19ClN2O3/c23-18-10-8-17(9-11-18)21(26)25-20(15-19-7-4-14-28-19)22(27)24-13-12-16-5-2-1-3-6-16/h1-11,14-15H,12-13H2,(H,24,27)(H,25,26). The summed E-state index contributed by atoms with van der Waals surface area (Å²) in [6.45, 7) is 0.440. The summed E-state index contributed by atoms with van der Waals surface area (Å²) in [7, 11) is 0. The Morgan fingerprint density at radius 3 is 2.39 bits per heavy atom. The van der Waals surface area contributed by atoms with Crippen molar-refractivity contribution in [1.82, 2.24) is 10.6 Å². The van der Waals surface area contributed by atoms with Crippen molar-refractivity contribution in [2.24, 2.45) is 0 Å². The lowest BCUT2D eigenvalue weighted by molar-refractivity contribution is -0.117. The van der Waals surface area contributed by atoms with Crippen LogP contribution in [0.25, 0.3) is 6.08 Å². The third-order valence-electron chi connectivity index (χ3n) is 3.97. The number of halogens is 1. The van der Waals surface area contributed by atoms with E-state index in [1.165, 1.54) is 12.3 Å². The Kier molecular flexibility index (Phi) is 6.65. The molecule has 3 aromatic rings. The predicted molar refractivity (Wildman–Crippen MR) is 109 cm³/mol. The van der Waals surface area contributed by atoms with Gasteiger partial charge in [-0.2, -0.15) is 0 Å². The van der Waals surface area contributed by atoms with Crippen molar-refractivity contribution in [3.63, 3.8) is 0 Å². The van der Waals surface area contributed by atoms with Crippen molar-refractivity contribution in [2.75, 3.05) is 6.54 Å². The van der Waals surface area contributed by atoms with Gasteiger partial charge in [-0.15, -0.1) is 0 Å². The minimum absolute atomic E-state index is 0.1000. The lowest BCUT2D eigenvalue weighted by Crippen LogP contribution is -2.35. The first-order valence-electron chi connectivity index (χ1n) is 8.76. The van der Waals surface area contributed by atoms with E-state index in [1.807, 2.05) is 30.3 Å². The van der Waals surface area contributed by atoms with Crippen LogP contribution in [0.15, 0.2) is 83.1 Å². The summed E-state index contributed by atoms with van der Waals surface area (Å²) in [5.74, 6) is -0.341. The van der Waals surface area contributed by atoms with E-state index in [9.17, 15) is 9.59 Å². The van der Waals surface area contributed by atoms with Crippen LogP contribution in [-0.2, 0) is 11.2 Å². The highest BCUT2D eigenvalue weighted by molar-refractivity contribution is 6.30. The average molecular weight is 395 g/mol. The van der Waals surface area contributed by atoms with Crippen LogP contribution in [0.2, 0.25) is 5.02 Å². The normalized spacial score (nSPS) is 11.1. The Labute approximate surface area is 168 Å². The van der Waals surface area contributed by atoms with Crippen LogP contribution in [-0.4, -0.2) is 18.4 Å². The molecule has 142 valence electrons. The number of hydrogen-bond donors (Lipinski definition) is 2. The van der Waals surface area contributed by atoms with Gasteiger partial charge < -0.3 is 15.1 Å². The van der Waals surface area contributed by atoms with Gasteiger partial charge in [0.15, 0.2) is 0 Å². The van der Waals surface area contributed by atoms with Crippen molar-refractivity contribution in [2.45, 2.75) is 6.42 Å². The Balaban J connectivity index is 1.68. The molecule has 2 N–H and O–H groups in total. The van der Waals surface area contributed by atoms with Crippen LogP contribution in [0.4, 0.5) is 0 Å². The zero-order valence-electron chi connectivity index (χ0n) is 15.0. The van der Waals surface area contributed by atoms with Gasteiger partial charge in [-0.3, -0.25) is 9.59 Å². The molecule has 3 rings (SSSR count). The number of benzene rings is 2. The fourth-order valence-electron chi connectivity index (χ4n) is 2.53. The van der Waals surface area contributed by atoms with E-state index < -0.39 is 11.8 Å². The SMILES string of the molecule is O=C(NCCc1ccccc1)C(=Cc1ccco1)NC(=O)c1ccc(Cl)cc1. The second kappa shape index (κ2) is 9.58. The lowest BCUT2D eigenvalue weighted by atomic mass is 10.1. The van der Waals surface area contributed by atoms with E-state index in [-0.39, 0.29) is 5.70 Å². The molecule has 0 aliphatic carbocycles. The van der Waals surface area contributed by atoms with E-state index in [1.54, 1.807) is 36.4 Å². The maximum absolute atomic E-state index is 12.6. The minimum Gasteiger partial charge on any atom is -0.465 e. The molecule has 0 fully saturated rings. The van der Waals surface area contributed by atoms with Crippen LogP contribution in [0.5, 0.6) is 0 Å². The third-order valence-corrected chi connectivity index (χ3v) is 4.22. The molecule has 0 atom stereocenters. The Bertz CT molecular complexity index is 949. The second-order valence-electron chi connectivity index (χ2n) is 6.03. The zero-order valence-corrected chi connectivity index (χ0v) is 15.8. The fraction of sp³-hybridized carbons (Fsp3) is 0.0909. The molecule has 0 spiro atoms. The van der Waals surface area contributed by atoms with Crippen molar-refractivity contribution in [3.8, 4) is 0 Å².